The summed E-state index contributed by atoms with van der Waals surface area (Å²) in [7, 11) is -1.89. The number of carboxylic acid groups (broad SMARTS) is 1. The minimum absolute atomic E-state index is 0.0241. The highest BCUT2D eigenvalue weighted by molar-refractivity contribution is 7.89. The molecule has 0 saturated heterocycles. The third kappa shape index (κ3) is 5.99. The Morgan fingerprint density at radius 3 is 2.65 bits per heavy atom. The van der Waals surface area contributed by atoms with E-state index in [9.17, 15) is 13.2 Å². The van der Waals surface area contributed by atoms with Gasteiger partial charge in [0.05, 0.1) is 12.2 Å². The van der Waals surface area contributed by atoms with Crippen LogP contribution in [-0.2, 0) is 19.6 Å². The molecule has 0 radical (unpaired) electrons. The van der Waals surface area contributed by atoms with Gasteiger partial charge in [-0.1, -0.05) is 0 Å². The van der Waals surface area contributed by atoms with Gasteiger partial charge in [-0.05, 0) is 25.2 Å². The minimum Gasteiger partial charge on any atom is -0.481 e. The van der Waals surface area contributed by atoms with Crippen LogP contribution in [0.25, 0.3) is 0 Å². The lowest BCUT2D eigenvalue weighted by Crippen LogP contribution is -2.39. The Kier molecular flexibility index (Phi) is 5.35. The summed E-state index contributed by atoms with van der Waals surface area (Å²) in [5, 5.41) is 8.72. The van der Waals surface area contributed by atoms with Crippen LogP contribution in [0.3, 0.4) is 0 Å². The van der Waals surface area contributed by atoms with Crippen molar-refractivity contribution in [3.8, 4) is 0 Å². The molecule has 17 heavy (non-hydrogen) atoms. The van der Waals surface area contributed by atoms with Crippen LogP contribution in [0.5, 0.6) is 0 Å². The van der Waals surface area contributed by atoms with E-state index in [1.165, 1.54) is 7.11 Å². The summed E-state index contributed by atoms with van der Waals surface area (Å²) in [6.45, 7) is 0.383. The van der Waals surface area contributed by atoms with Gasteiger partial charge in [-0.2, -0.15) is 0 Å². The van der Waals surface area contributed by atoms with Crippen molar-refractivity contribution in [3.05, 3.63) is 0 Å². The van der Waals surface area contributed by atoms with Crippen molar-refractivity contribution < 1.29 is 23.1 Å². The topological polar surface area (TPSA) is 92.7 Å². The maximum atomic E-state index is 11.7. The molecule has 1 saturated carbocycles. The maximum absolute atomic E-state index is 11.7. The molecule has 100 valence electrons. The van der Waals surface area contributed by atoms with Gasteiger partial charge in [0.2, 0.25) is 10.0 Å². The molecule has 0 bridgehead atoms. The van der Waals surface area contributed by atoms with Gasteiger partial charge in [0.15, 0.2) is 0 Å². The highest BCUT2D eigenvalue weighted by Gasteiger charge is 2.35. The first-order chi connectivity index (χ1) is 7.94. The van der Waals surface area contributed by atoms with E-state index in [1.807, 2.05) is 0 Å². The molecule has 1 unspecified atom stereocenters. The molecule has 0 aromatic rings. The quantitative estimate of drug-likeness (QED) is 0.581. The van der Waals surface area contributed by atoms with Crippen LogP contribution in [0.15, 0.2) is 0 Å². The van der Waals surface area contributed by atoms with Crippen LogP contribution >= 0.6 is 0 Å². The molecule has 0 aliphatic heterocycles. The van der Waals surface area contributed by atoms with Crippen molar-refractivity contribution >= 4 is 16.0 Å². The van der Waals surface area contributed by atoms with E-state index in [-0.39, 0.29) is 18.1 Å². The van der Waals surface area contributed by atoms with Crippen LogP contribution in [-0.4, -0.2) is 45.0 Å². The van der Waals surface area contributed by atoms with Gasteiger partial charge in [0, 0.05) is 19.8 Å². The first kappa shape index (κ1) is 14.4. The molecule has 0 spiro atoms. The number of ether oxygens (including phenoxy) is 1. The second kappa shape index (κ2) is 6.32. The molecule has 6 nitrogen and oxygen atoms in total. The molecule has 7 heteroatoms. The van der Waals surface area contributed by atoms with E-state index in [1.54, 1.807) is 0 Å². The zero-order valence-electron chi connectivity index (χ0n) is 9.89. The predicted molar refractivity (Wildman–Crippen MR) is 62.2 cm³/mol. The monoisotopic (exact) mass is 265 g/mol. The fourth-order valence-electron chi connectivity index (χ4n) is 1.67. The fraction of sp³-hybridized carbons (Fsp3) is 0.900. The zero-order chi connectivity index (χ0) is 12.9. The Morgan fingerprint density at radius 1 is 1.53 bits per heavy atom. The first-order valence-electron chi connectivity index (χ1n) is 5.65. The van der Waals surface area contributed by atoms with Crippen molar-refractivity contribution in [2.45, 2.75) is 31.7 Å². The standard InChI is InChI=1S/C10H19NO5S/c1-16-5-2-6-17(14,15)11-9(7-10(12)13)8-3-4-8/h8-9,11H,2-7H2,1H3,(H,12,13). The Hall–Kier alpha value is -0.660. The molecule has 0 heterocycles. The summed E-state index contributed by atoms with van der Waals surface area (Å²) in [6.07, 6.45) is 2.07. The molecule has 0 aromatic carbocycles. The van der Waals surface area contributed by atoms with Gasteiger partial charge in [0.1, 0.15) is 0 Å². The molecular formula is C10H19NO5S. The molecule has 1 atom stereocenters. The summed E-state index contributed by atoms with van der Waals surface area (Å²) in [6, 6.07) is -0.458. The first-order valence-corrected chi connectivity index (χ1v) is 7.30. The number of rotatable bonds is 9. The lowest BCUT2D eigenvalue weighted by molar-refractivity contribution is -0.137. The Balaban J connectivity index is 2.44. The number of hydrogen-bond acceptors (Lipinski definition) is 4. The van der Waals surface area contributed by atoms with Crippen LogP contribution in [0.1, 0.15) is 25.7 Å². The summed E-state index contributed by atoms with van der Waals surface area (Å²) in [5.74, 6) is -0.811. The van der Waals surface area contributed by atoms with Crippen molar-refractivity contribution in [1.82, 2.24) is 4.72 Å². The molecule has 0 aromatic heterocycles. The second-order valence-electron chi connectivity index (χ2n) is 4.32. The number of nitrogens with one attached hydrogen (secondary N) is 1. The molecule has 1 rings (SSSR count). The predicted octanol–water partition coefficient (Wildman–Crippen LogP) is 0.196. The number of carboxylic acids is 1. The zero-order valence-corrected chi connectivity index (χ0v) is 10.7. The summed E-state index contributed by atoms with van der Waals surface area (Å²) in [5.41, 5.74) is 0. The Morgan fingerprint density at radius 2 is 2.18 bits per heavy atom. The van der Waals surface area contributed by atoms with Crippen LogP contribution in [0.2, 0.25) is 0 Å². The normalized spacial score (nSPS) is 17.9. The molecular weight excluding hydrogens is 246 g/mol. The van der Waals surface area contributed by atoms with E-state index in [2.05, 4.69) is 4.72 Å². The van der Waals surface area contributed by atoms with E-state index in [0.717, 1.165) is 12.8 Å². The van der Waals surface area contributed by atoms with Crippen molar-refractivity contribution in [1.29, 1.82) is 0 Å². The molecule has 1 fully saturated rings. The van der Waals surface area contributed by atoms with Crippen LogP contribution in [0, 0.1) is 5.92 Å². The molecule has 2 N–H and O–H groups in total. The fourth-order valence-corrected chi connectivity index (χ4v) is 3.03. The third-order valence-corrected chi connectivity index (χ3v) is 4.17. The Bertz CT molecular complexity index is 350. The summed E-state index contributed by atoms with van der Waals surface area (Å²) >= 11 is 0. The number of sulfonamides is 1. The second-order valence-corrected chi connectivity index (χ2v) is 6.20. The van der Waals surface area contributed by atoms with Crippen molar-refractivity contribution in [2.24, 2.45) is 5.92 Å². The van der Waals surface area contributed by atoms with E-state index in [4.69, 9.17) is 9.84 Å². The van der Waals surface area contributed by atoms with Gasteiger partial charge in [-0.25, -0.2) is 13.1 Å². The van der Waals surface area contributed by atoms with Gasteiger partial charge < -0.3 is 9.84 Å². The highest BCUT2D eigenvalue weighted by Crippen LogP contribution is 2.34. The summed E-state index contributed by atoms with van der Waals surface area (Å²) in [4.78, 5) is 10.6. The Labute approximate surface area is 101 Å². The smallest absolute Gasteiger partial charge is 0.304 e. The number of methoxy groups -OCH3 is 1. The average molecular weight is 265 g/mol. The summed E-state index contributed by atoms with van der Waals surface area (Å²) < 4.78 is 30.6. The maximum Gasteiger partial charge on any atom is 0.304 e. The lowest BCUT2D eigenvalue weighted by Gasteiger charge is -2.16. The molecule has 0 amide bonds. The number of carbonyl (C=O) groups is 1. The minimum atomic E-state index is -3.40. The van der Waals surface area contributed by atoms with E-state index >= 15 is 0 Å². The van der Waals surface area contributed by atoms with Gasteiger partial charge in [-0.3, -0.25) is 4.79 Å². The number of aliphatic carboxylic acids is 1. The third-order valence-electron chi connectivity index (χ3n) is 2.68. The van der Waals surface area contributed by atoms with Crippen LogP contribution < -0.4 is 4.72 Å². The number of hydrogen-bond donors (Lipinski definition) is 2. The SMILES string of the molecule is COCCCS(=O)(=O)NC(CC(=O)O)C1CC1. The lowest BCUT2D eigenvalue weighted by atomic mass is 10.1. The molecule has 1 aliphatic carbocycles. The van der Waals surface area contributed by atoms with Crippen molar-refractivity contribution in [2.75, 3.05) is 19.5 Å². The van der Waals surface area contributed by atoms with E-state index < -0.39 is 22.0 Å². The van der Waals surface area contributed by atoms with Gasteiger partial charge in [-0.15, -0.1) is 0 Å². The largest absolute Gasteiger partial charge is 0.481 e. The van der Waals surface area contributed by atoms with Gasteiger partial charge in [0.25, 0.3) is 0 Å². The van der Waals surface area contributed by atoms with Crippen LogP contribution in [0.4, 0.5) is 0 Å². The van der Waals surface area contributed by atoms with Gasteiger partial charge >= 0.3 is 5.97 Å². The highest BCUT2D eigenvalue weighted by atomic mass is 32.2. The van der Waals surface area contributed by atoms with Crippen molar-refractivity contribution in [3.63, 3.8) is 0 Å². The van der Waals surface area contributed by atoms with E-state index in [0.29, 0.717) is 13.0 Å². The average Bonchev–Trinajstić information content (AvgIpc) is 2.98. The molecule has 1 aliphatic rings.